The van der Waals surface area contributed by atoms with Crippen LogP contribution in [0.2, 0.25) is 0 Å². The van der Waals surface area contributed by atoms with Crippen LogP contribution in [0.3, 0.4) is 0 Å². The number of aromatic carboxylic acids is 1. The third-order valence-electron chi connectivity index (χ3n) is 1.48. The molecule has 0 fully saturated rings. The minimum Gasteiger partial charge on any atom is -0.477 e. The lowest BCUT2D eigenvalue weighted by Gasteiger charge is -1.86. The fraction of sp³-hybridized carbons (Fsp3) is 0. The zero-order valence-corrected chi connectivity index (χ0v) is 6.39. The Bertz CT molecular complexity index is 418. The first-order chi connectivity index (χ1) is 6.27. The minimum atomic E-state index is -1.05. The van der Waals surface area contributed by atoms with E-state index in [0.29, 0.717) is 11.5 Å². The molecule has 0 radical (unpaired) electrons. The van der Waals surface area contributed by atoms with E-state index in [0.717, 1.165) is 0 Å². The van der Waals surface area contributed by atoms with Crippen LogP contribution in [0.15, 0.2) is 23.3 Å². The van der Waals surface area contributed by atoms with Gasteiger partial charge in [-0.05, 0) is 0 Å². The van der Waals surface area contributed by atoms with E-state index in [-0.39, 0.29) is 5.69 Å². The first-order valence-electron chi connectivity index (χ1n) is 3.44. The summed E-state index contributed by atoms with van der Waals surface area (Å²) in [5.41, 5.74) is 0.505. The summed E-state index contributed by atoms with van der Waals surface area (Å²) in [6.07, 6.45) is 3.86. The number of carbonyl (C=O) groups is 1. The highest BCUT2D eigenvalue weighted by Crippen LogP contribution is 2.11. The van der Waals surface area contributed by atoms with Crippen molar-refractivity contribution in [1.82, 2.24) is 15.0 Å². The van der Waals surface area contributed by atoms with Crippen molar-refractivity contribution in [1.29, 1.82) is 0 Å². The van der Waals surface area contributed by atoms with Crippen molar-refractivity contribution in [2.75, 3.05) is 0 Å². The third-order valence-corrected chi connectivity index (χ3v) is 1.48. The standard InChI is InChI=1S/C7H5N3O3/c11-7(12)4-1-8-6(10-4)5-2-13-3-9-5/h1-3H,(H,8,10)(H,11,12). The second kappa shape index (κ2) is 2.74. The van der Waals surface area contributed by atoms with Gasteiger partial charge in [-0.1, -0.05) is 0 Å². The maximum Gasteiger partial charge on any atom is 0.353 e. The number of hydrogen-bond donors (Lipinski definition) is 2. The predicted molar refractivity (Wildman–Crippen MR) is 41.0 cm³/mol. The number of oxazole rings is 1. The van der Waals surface area contributed by atoms with E-state index in [1.165, 1.54) is 18.9 Å². The molecule has 0 atom stereocenters. The van der Waals surface area contributed by atoms with Gasteiger partial charge in [-0.15, -0.1) is 0 Å². The molecule has 0 aliphatic carbocycles. The summed E-state index contributed by atoms with van der Waals surface area (Å²) in [5.74, 6) is -0.673. The van der Waals surface area contributed by atoms with Crippen LogP contribution in [0.25, 0.3) is 11.5 Å². The maximum absolute atomic E-state index is 10.5. The highest BCUT2D eigenvalue weighted by Gasteiger charge is 2.09. The van der Waals surface area contributed by atoms with Gasteiger partial charge in [-0.25, -0.2) is 14.8 Å². The SMILES string of the molecule is O=C(O)c1cnc(-c2cocn2)[nH]1. The number of rotatable bonds is 2. The van der Waals surface area contributed by atoms with E-state index in [1.54, 1.807) is 0 Å². The molecule has 2 aromatic heterocycles. The Hall–Kier alpha value is -2.11. The van der Waals surface area contributed by atoms with Crippen molar-refractivity contribution in [3.63, 3.8) is 0 Å². The lowest BCUT2D eigenvalue weighted by atomic mass is 10.5. The molecule has 13 heavy (non-hydrogen) atoms. The number of nitrogens with zero attached hydrogens (tertiary/aromatic N) is 2. The molecular formula is C7H5N3O3. The number of nitrogens with one attached hydrogen (secondary N) is 1. The van der Waals surface area contributed by atoms with Crippen molar-refractivity contribution >= 4 is 5.97 Å². The molecule has 6 heteroatoms. The van der Waals surface area contributed by atoms with Crippen LogP contribution >= 0.6 is 0 Å². The topological polar surface area (TPSA) is 92.0 Å². The maximum atomic E-state index is 10.5. The van der Waals surface area contributed by atoms with Gasteiger partial charge in [-0.2, -0.15) is 0 Å². The van der Waals surface area contributed by atoms with E-state index in [2.05, 4.69) is 15.0 Å². The van der Waals surface area contributed by atoms with Gasteiger partial charge in [0.2, 0.25) is 0 Å². The van der Waals surface area contributed by atoms with Crippen molar-refractivity contribution in [3.8, 4) is 11.5 Å². The summed E-state index contributed by atoms with van der Waals surface area (Å²) in [5, 5.41) is 8.58. The first kappa shape index (κ1) is 7.53. The first-order valence-corrected chi connectivity index (χ1v) is 3.44. The molecule has 0 aliphatic rings. The molecule has 0 bridgehead atoms. The van der Waals surface area contributed by atoms with Gasteiger partial charge < -0.3 is 14.5 Å². The molecule has 0 spiro atoms. The second-order valence-corrected chi connectivity index (χ2v) is 2.32. The van der Waals surface area contributed by atoms with E-state index in [9.17, 15) is 4.79 Å². The van der Waals surface area contributed by atoms with E-state index < -0.39 is 5.97 Å². The lowest BCUT2D eigenvalue weighted by molar-refractivity contribution is 0.0691. The number of imidazole rings is 1. The van der Waals surface area contributed by atoms with Crippen molar-refractivity contribution in [2.24, 2.45) is 0 Å². The Morgan fingerprint density at radius 3 is 2.92 bits per heavy atom. The van der Waals surface area contributed by atoms with Crippen LogP contribution < -0.4 is 0 Å². The normalized spacial score (nSPS) is 10.2. The summed E-state index contributed by atoms with van der Waals surface area (Å²) in [6.45, 7) is 0. The third kappa shape index (κ3) is 1.28. The molecule has 6 nitrogen and oxygen atoms in total. The molecular weight excluding hydrogens is 174 g/mol. The largest absolute Gasteiger partial charge is 0.477 e. The highest BCUT2D eigenvalue weighted by atomic mass is 16.4. The summed E-state index contributed by atoms with van der Waals surface area (Å²) >= 11 is 0. The zero-order chi connectivity index (χ0) is 9.26. The lowest BCUT2D eigenvalue weighted by Crippen LogP contribution is -1.95. The van der Waals surface area contributed by atoms with Crippen LogP contribution in [0, 0.1) is 0 Å². The molecule has 66 valence electrons. The van der Waals surface area contributed by atoms with Crippen LogP contribution in [0.4, 0.5) is 0 Å². The molecule has 0 saturated carbocycles. The molecule has 0 unspecified atom stereocenters. The number of H-pyrrole nitrogens is 1. The Balaban J connectivity index is 2.39. The average molecular weight is 179 g/mol. The quantitative estimate of drug-likeness (QED) is 0.710. The number of carboxylic acids is 1. The van der Waals surface area contributed by atoms with Crippen molar-refractivity contribution in [3.05, 3.63) is 24.5 Å². The van der Waals surface area contributed by atoms with E-state index >= 15 is 0 Å². The summed E-state index contributed by atoms with van der Waals surface area (Å²) in [6, 6.07) is 0. The second-order valence-electron chi connectivity index (χ2n) is 2.32. The van der Waals surface area contributed by atoms with Gasteiger partial charge >= 0.3 is 5.97 Å². The molecule has 2 rings (SSSR count). The minimum absolute atomic E-state index is 0.0259. The number of aromatic amines is 1. The Labute approximate surface area is 72.3 Å². The number of hydrogen-bond acceptors (Lipinski definition) is 4. The van der Waals surface area contributed by atoms with Crippen LogP contribution in [-0.4, -0.2) is 26.0 Å². The van der Waals surface area contributed by atoms with Gasteiger partial charge in [0.15, 0.2) is 12.2 Å². The highest BCUT2D eigenvalue weighted by molar-refractivity contribution is 5.85. The fourth-order valence-electron chi connectivity index (χ4n) is 0.890. The Morgan fingerprint density at radius 1 is 1.54 bits per heavy atom. The molecule has 2 heterocycles. The number of aromatic nitrogens is 3. The molecule has 0 aliphatic heterocycles. The van der Waals surface area contributed by atoms with Crippen LogP contribution in [0.1, 0.15) is 10.5 Å². The van der Waals surface area contributed by atoms with E-state index in [4.69, 9.17) is 9.52 Å². The zero-order valence-electron chi connectivity index (χ0n) is 6.39. The monoisotopic (exact) mass is 179 g/mol. The summed E-state index contributed by atoms with van der Waals surface area (Å²) in [4.78, 5) is 20.7. The smallest absolute Gasteiger partial charge is 0.353 e. The molecule has 0 amide bonds. The van der Waals surface area contributed by atoms with Gasteiger partial charge in [0.25, 0.3) is 0 Å². The Kier molecular flexibility index (Phi) is 1.59. The molecule has 2 aromatic rings. The fourth-order valence-corrected chi connectivity index (χ4v) is 0.890. The van der Waals surface area contributed by atoms with Gasteiger partial charge in [0, 0.05) is 0 Å². The summed E-state index contributed by atoms with van der Waals surface area (Å²) in [7, 11) is 0. The van der Waals surface area contributed by atoms with Crippen molar-refractivity contribution < 1.29 is 14.3 Å². The van der Waals surface area contributed by atoms with Gasteiger partial charge in [0.05, 0.1) is 6.20 Å². The molecule has 0 aromatic carbocycles. The number of carboxylic acid groups (broad SMARTS) is 1. The van der Waals surface area contributed by atoms with E-state index in [1.807, 2.05) is 0 Å². The molecule has 0 saturated heterocycles. The van der Waals surface area contributed by atoms with Crippen LogP contribution in [-0.2, 0) is 0 Å². The van der Waals surface area contributed by atoms with Crippen molar-refractivity contribution in [2.45, 2.75) is 0 Å². The van der Waals surface area contributed by atoms with Gasteiger partial charge in [0.1, 0.15) is 17.7 Å². The Morgan fingerprint density at radius 2 is 2.38 bits per heavy atom. The van der Waals surface area contributed by atoms with Crippen LogP contribution in [0.5, 0.6) is 0 Å². The molecule has 2 N–H and O–H groups in total. The predicted octanol–water partition coefficient (Wildman–Crippen LogP) is 0.763. The van der Waals surface area contributed by atoms with Gasteiger partial charge in [-0.3, -0.25) is 0 Å². The summed E-state index contributed by atoms with van der Waals surface area (Å²) < 4.78 is 4.72. The average Bonchev–Trinajstić information content (AvgIpc) is 2.75.